The number of Topliss-reactive ketones (excluding diaryl/α,β-unsaturated/α-hetero) is 1. The fourth-order valence-corrected chi connectivity index (χ4v) is 2.71. The van der Waals surface area contributed by atoms with Gasteiger partial charge in [0.25, 0.3) is 0 Å². The summed E-state index contributed by atoms with van der Waals surface area (Å²) < 4.78 is 24.2. The van der Waals surface area contributed by atoms with Crippen LogP contribution in [-0.2, 0) is 27.3 Å². The number of hydrogen-bond donors (Lipinski definition) is 1. The fraction of sp³-hybridized carbons (Fsp3) is 0.375. The van der Waals surface area contributed by atoms with E-state index in [0.717, 1.165) is 17.2 Å². The topological polar surface area (TPSA) is 97.7 Å². The summed E-state index contributed by atoms with van der Waals surface area (Å²) in [7, 11) is 0. The van der Waals surface area contributed by atoms with Gasteiger partial charge in [-0.2, -0.15) is 0 Å². The maximum Gasteiger partial charge on any atom is 0.327 e. The average Bonchev–Trinajstić information content (AvgIpc) is 2.45. The van der Waals surface area contributed by atoms with Gasteiger partial charge < -0.3 is 18.8 Å². The standard InChI is InChI=1S/C16H21NO5S/c1-12-6-9-15(14(11-12)8-7-13(2)18)17(23(21)22)10-4-3-5-16(19)20/h3,5-6,9,11H,4,7-8,10H2,1-2H3,(H,19,20)(H,21,22)/p-1/b5-3+. The van der Waals surface area contributed by atoms with Crippen molar-refractivity contribution in [2.75, 3.05) is 10.8 Å². The molecule has 1 aromatic carbocycles. The van der Waals surface area contributed by atoms with Crippen molar-refractivity contribution in [1.82, 2.24) is 0 Å². The van der Waals surface area contributed by atoms with Crippen LogP contribution >= 0.6 is 0 Å². The van der Waals surface area contributed by atoms with E-state index in [9.17, 15) is 18.4 Å². The summed E-state index contributed by atoms with van der Waals surface area (Å²) in [6.07, 6.45) is 3.48. The van der Waals surface area contributed by atoms with Crippen molar-refractivity contribution in [3.05, 3.63) is 41.5 Å². The van der Waals surface area contributed by atoms with Gasteiger partial charge in [0.15, 0.2) is 0 Å². The molecule has 0 spiro atoms. The Bertz CT molecular complexity index is 627. The van der Waals surface area contributed by atoms with Crippen LogP contribution in [0.4, 0.5) is 5.69 Å². The molecule has 0 heterocycles. The highest BCUT2D eigenvalue weighted by molar-refractivity contribution is 7.80. The number of carbonyl (C=O) groups is 2. The largest absolute Gasteiger partial charge is 0.755 e. The fourth-order valence-electron chi connectivity index (χ4n) is 2.12. The van der Waals surface area contributed by atoms with Gasteiger partial charge in [0.2, 0.25) is 0 Å². The van der Waals surface area contributed by atoms with Crippen molar-refractivity contribution >= 4 is 28.7 Å². The normalized spacial score (nSPS) is 12.3. The molecule has 126 valence electrons. The molecule has 1 atom stereocenters. The number of carboxylic acids is 1. The van der Waals surface area contributed by atoms with Crippen LogP contribution in [0.1, 0.15) is 30.9 Å². The van der Waals surface area contributed by atoms with E-state index in [2.05, 4.69) is 0 Å². The zero-order valence-electron chi connectivity index (χ0n) is 13.2. The van der Waals surface area contributed by atoms with Crippen LogP contribution < -0.4 is 4.31 Å². The SMILES string of the molecule is CC(=O)CCc1cc(C)ccc1N(CC/C=C/C(=O)O)S(=O)[O-]. The van der Waals surface area contributed by atoms with Crippen LogP contribution in [0.5, 0.6) is 0 Å². The van der Waals surface area contributed by atoms with Crippen LogP contribution in [-0.4, -0.2) is 32.2 Å². The van der Waals surface area contributed by atoms with Crippen molar-refractivity contribution in [2.24, 2.45) is 0 Å². The molecular weight excluding hydrogens is 318 g/mol. The molecule has 0 aromatic heterocycles. The van der Waals surface area contributed by atoms with E-state index in [1.807, 2.05) is 13.0 Å². The number of aryl methyl sites for hydroxylation is 2. The Balaban J connectivity index is 2.99. The summed E-state index contributed by atoms with van der Waals surface area (Å²) >= 11 is -2.48. The van der Waals surface area contributed by atoms with Gasteiger partial charge >= 0.3 is 5.97 Å². The number of aliphatic carboxylic acids is 1. The summed E-state index contributed by atoms with van der Waals surface area (Å²) in [6, 6.07) is 5.38. The molecule has 0 saturated heterocycles. The summed E-state index contributed by atoms with van der Waals surface area (Å²) in [4.78, 5) is 21.6. The molecular formula is C16H20NO5S-. The first-order chi connectivity index (χ1) is 10.8. The Labute approximate surface area is 138 Å². The number of carboxylic acid groups (broad SMARTS) is 1. The molecule has 0 aliphatic rings. The smallest absolute Gasteiger partial charge is 0.327 e. The molecule has 1 rings (SSSR count). The zero-order valence-corrected chi connectivity index (χ0v) is 14.0. The van der Waals surface area contributed by atoms with Crippen molar-refractivity contribution in [1.29, 1.82) is 0 Å². The lowest BCUT2D eigenvalue weighted by molar-refractivity contribution is -0.131. The van der Waals surface area contributed by atoms with Gasteiger partial charge in [0.05, 0.1) is 5.69 Å². The summed E-state index contributed by atoms with van der Waals surface area (Å²) in [6.45, 7) is 3.53. The van der Waals surface area contributed by atoms with E-state index in [4.69, 9.17) is 5.11 Å². The second-order valence-corrected chi connectivity index (χ2v) is 6.06. The minimum absolute atomic E-state index is 0.0386. The van der Waals surface area contributed by atoms with Crippen LogP contribution in [0, 0.1) is 6.92 Å². The van der Waals surface area contributed by atoms with Gasteiger partial charge in [0.1, 0.15) is 5.78 Å². The predicted molar refractivity (Wildman–Crippen MR) is 87.8 cm³/mol. The third-order valence-corrected chi connectivity index (χ3v) is 3.93. The van der Waals surface area contributed by atoms with Crippen molar-refractivity contribution < 1.29 is 23.5 Å². The average molecular weight is 338 g/mol. The molecule has 0 radical (unpaired) electrons. The number of ketones is 1. The summed E-state index contributed by atoms with van der Waals surface area (Å²) in [5.74, 6) is -1.03. The van der Waals surface area contributed by atoms with E-state index < -0.39 is 17.2 Å². The van der Waals surface area contributed by atoms with E-state index in [0.29, 0.717) is 18.5 Å². The predicted octanol–water partition coefficient (Wildman–Crippen LogP) is 2.15. The Morgan fingerprint density at radius 3 is 2.65 bits per heavy atom. The van der Waals surface area contributed by atoms with Gasteiger partial charge in [-0.25, -0.2) is 4.79 Å². The maximum atomic E-state index is 11.5. The van der Waals surface area contributed by atoms with Gasteiger partial charge in [0, 0.05) is 30.3 Å². The number of benzene rings is 1. The minimum Gasteiger partial charge on any atom is -0.755 e. The van der Waals surface area contributed by atoms with Crippen molar-refractivity contribution in [2.45, 2.75) is 33.1 Å². The quantitative estimate of drug-likeness (QED) is 0.549. The Morgan fingerprint density at radius 2 is 2.09 bits per heavy atom. The lowest BCUT2D eigenvalue weighted by Crippen LogP contribution is -2.27. The third kappa shape index (κ3) is 6.75. The summed E-state index contributed by atoms with van der Waals surface area (Å²) in [5.41, 5.74) is 2.29. The van der Waals surface area contributed by atoms with E-state index >= 15 is 0 Å². The molecule has 6 nitrogen and oxygen atoms in total. The molecule has 0 fully saturated rings. The monoisotopic (exact) mass is 338 g/mol. The van der Waals surface area contributed by atoms with E-state index in [1.165, 1.54) is 17.3 Å². The molecule has 0 bridgehead atoms. The number of rotatable bonds is 9. The molecule has 1 aromatic rings. The number of hydrogen-bond acceptors (Lipinski definition) is 4. The van der Waals surface area contributed by atoms with Gasteiger partial charge in [-0.1, -0.05) is 23.8 Å². The molecule has 0 aliphatic carbocycles. The first kappa shape index (κ1) is 19.1. The van der Waals surface area contributed by atoms with Gasteiger partial charge in [-0.05, 0) is 38.3 Å². The molecule has 23 heavy (non-hydrogen) atoms. The molecule has 1 unspecified atom stereocenters. The zero-order chi connectivity index (χ0) is 17.4. The highest BCUT2D eigenvalue weighted by atomic mass is 32.2. The first-order valence-corrected chi connectivity index (χ1v) is 8.19. The second kappa shape index (κ2) is 9.22. The van der Waals surface area contributed by atoms with Crippen molar-refractivity contribution in [3.63, 3.8) is 0 Å². The molecule has 0 aliphatic heterocycles. The van der Waals surface area contributed by atoms with Gasteiger partial charge in [-0.3, -0.25) is 4.21 Å². The lowest BCUT2D eigenvalue weighted by atomic mass is 10.0. The summed E-state index contributed by atoms with van der Waals surface area (Å²) in [5, 5.41) is 8.55. The second-order valence-electron chi connectivity index (χ2n) is 5.18. The maximum absolute atomic E-state index is 11.5. The Kier molecular flexibility index (Phi) is 7.64. The first-order valence-electron chi connectivity index (χ1n) is 7.16. The molecule has 0 saturated carbocycles. The Hall–Kier alpha value is -1.99. The van der Waals surface area contributed by atoms with E-state index in [-0.39, 0.29) is 18.7 Å². The van der Waals surface area contributed by atoms with Crippen LogP contribution in [0.25, 0.3) is 0 Å². The van der Waals surface area contributed by atoms with E-state index in [1.54, 1.807) is 12.1 Å². The van der Waals surface area contributed by atoms with Crippen LogP contribution in [0.15, 0.2) is 30.4 Å². The highest BCUT2D eigenvalue weighted by Crippen LogP contribution is 2.25. The molecule has 0 amide bonds. The van der Waals surface area contributed by atoms with Crippen LogP contribution in [0.3, 0.4) is 0 Å². The minimum atomic E-state index is -2.48. The highest BCUT2D eigenvalue weighted by Gasteiger charge is 2.12. The van der Waals surface area contributed by atoms with Crippen molar-refractivity contribution in [3.8, 4) is 0 Å². The molecule has 1 N–H and O–H groups in total. The Morgan fingerprint density at radius 1 is 1.39 bits per heavy atom. The third-order valence-electron chi connectivity index (χ3n) is 3.19. The number of nitrogens with zero attached hydrogens (tertiary/aromatic N) is 1. The molecule has 7 heteroatoms. The van der Waals surface area contributed by atoms with Gasteiger partial charge in [-0.15, -0.1) is 0 Å². The number of carbonyl (C=O) groups excluding carboxylic acids is 1. The number of anilines is 1. The van der Waals surface area contributed by atoms with Crippen LogP contribution in [0.2, 0.25) is 0 Å². The lowest BCUT2D eigenvalue weighted by Gasteiger charge is -2.28.